The Balaban J connectivity index is 1.43. The van der Waals surface area contributed by atoms with Crippen molar-refractivity contribution in [2.24, 2.45) is 0 Å². The van der Waals surface area contributed by atoms with Crippen LogP contribution in [-0.4, -0.2) is 17.5 Å². The molecule has 0 aliphatic heterocycles. The van der Waals surface area contributed by atoms with Crippen LogP contribution in [0.15, 0.2) is 65.1 Å². The average Bonchev–Trinajstić information content (AvgIpc) is 3.22. The van der Waals surface area contributed by atoms with E-state index in [1.165, 1.54) is 5.56 Å². The van der Waals surface area contributed by atoms with Gasteiger partial charge in [0.25, 0.3) is 5.91 Å². The number of nitrogens with one attached hydrogen (secondary N) is 1. The van der Waals surface area contributed by atoms with Crippen molar-refractivity contribution in [1.29, 1.82) is 0 Å². The zero-order valence-electron chi connectivity index (χ0n) is 18.3. The van der Waals surface area contributed by atoms with Gasteiger partial charge in [0.1, 0.15) is 11.3 Å². The smallest absolute Gasteiger partial charge is 0.262 e. The second-order valence-electron chi connectivity index (χ2n) is 7.90. The number of hydrogen-bond acceptors (Lipinski definition) is 4. The summed E-state index contributed by atoms with van der Waals surface area (Å²) in [6.07, 6.45) is 1.08. The van der Waals surface area contributed by atoms with Gasteiger partial charge in [0.15, 0.2) is 12.2 Å². The molecule has 0 bridgehead atoms. The maximum Gasteiger partial charge on any atom is 0.262 e. The number of halogens is 1. The monoisotopic (exact) mass is 448 g/mol. The van der Waals surface area contributed by atoms with Crippen molar-refractivity contribution in [3.05, 3.63) is 76.8 Å². The normalized spacial score (nSPS) is 12.0. The summed E-state index contributed by atoms with van der Waals surface area (Å²) >= 11 is 6.30. The summed E-state index contributed by atoms with van der Waals surface area (Å²) in [4.78, 5) is 17.0. The predicted molar refractivity (Wildman–Crippen MR) is 128 cm³/mol. The summed E-state index contributed by atoms with van der Waals surface area (Å²) in [5.41, 5.74) is 5.04. The highest BCUT2D eigenvalue weighted by molar-refractivity contribution is 6.33. The van der Waals surface area contributed by atoms with Crippen LogP contribution in [-0.2, 0) is 4.79 Å². The van der Waals surface area contributed by atoms with Gasteiger partial charge in [-0.1, -0.05) is 43.6 Å². The molecule has 4 rings (SSSR count). The van der Waals surface area contributed by atoms with Crippen LogP contribution in [0.4, 0.5) is 5.69 Å². The van der Waals surface area contributed by atoms with E-state index in [4.69, 9.17) is 20.8 Å². The molecule has 0 saturated heterocycles. The summed E-state index contributed by atoms with van der Waals surface area (Å²) in [7, 11) is 0. The first kappa shape index (κ1) is 21.9. The molecular weight excluding hydrogens is 424 g/mol. The van der Waals surface area contributed by atoms with E-state index in [2.05, 4.69) is 24.1 Å². The van der Waals surface area contributed by atoms with Crippen molar-refractivity contribution in [3.63, 3.8) is 0 Å². The molecule has 0 aliphatic rings. The van der Waals surface area contributed by atoms with Gasteiger partial charge < -0.3 is 14.5 Å². The van der Waals surface area contributed by atoms with Crippen molar-refractivity contribution in [1.82, 2.24) is 4.98 Å². The van der Waals surface area contributed by atoms with Crippen molar-refractivity contribution in [3.8, 4) is 17.2 Å². The molecule has 1 atom stereocenters. The van der Waals surface area contributed by atoms with Crippen molar-refractivity contribution in [2.75, 3.05) is 11.9 Å². The van der Waals surface area contributed by atoms with E-state index >= 15 is 0 Å². The van der Waals surface area contributed by atoms with Crippen LogP contribution in [0.1, 0.15) is 37.3 Å². The van der Waals surface area contributed by atoms with Crippen LogP contribution in [0.3, 0.4) is 0 Å². The second-order valence-corrected chi connectivity index (χ2v) is 8.31. The van der Waals surface area contributed by atoms with E-state index in [0.717, 1.165) is 23.1 Å². The largest absolute Gasteiger partial charge is 0.484 e. The zero-order valence-corrected chi connectivity index (χ0v) is 19.1. The van der Waals surface area contributed by atoms with E-state index in [1.807, 2.05) is 55.5 Å². The molecule has 4 aromatic rings. The summed E-state index contributed by atoms with van der Waals surface area (Å²) in [5, 5.41) is 3.23. The number of aryl methyl sites for hydroxylation is 1. The lowest BCUT2D eigenvalue weighted by Crippen LogP contribution is -2.20. The first-order valence-electron chi connectivity index (χ1n) is 10.6. The lowest BCUT2D eigenvalue weighted by molar-refractivity contribution is -0.118. The fourth-order valence-corrected chi connectivity index (χ4v) is 3.54. The molecule has 1 N–H and O–H groups in total. The van der Waals surface area contributed by atoms with Crippen molar-refractivity contribution in [2.45, 2.75) is 33.1 Å². The molecule has 6 heteroatoms. The Morgan fingerprint density at radius 3 is 2.66 bits per heavy atom. The molecular formula is C26H25ClN2O3. The van der Waals surface area contributed by atoms with E-state index in [0.29, 0.717) is 33.9 Å². The molecule has 1 aromatic heterocycles. The Labute approximate surface area is 192 Å². The maximum atomic E-state index is 12.5. The molecule has 0 radical (unpaired) electrons. The molecule has 0 saturated carbocycles. The zero-order chi connectivity index (χ0) is 22.7. The van der Waals surface area contributed by atoms with Gasteiger partial charge in [0, 0.05) is 5.56 Å². The Morgan fingerprint density at radius 1 is 1.12 bits per heavy atom. The molecule has 5 nitrogen and oxygen atoms in total. The van der Waals surface area contributed by atoms with Crippen LogP contribution in [0.2, 0.25) is 5.02 Å². The van der Waals surface area contributed by atoms with Crippen molar-refractivity contribution >= 4 is 34.3 Å². The Bertz CT molecular complexity index is 1250. The first-order chi connectivity index (χ1) is 15.4. The van der Waals surface area contributed by atoms with Crippen LogP contribution in [0.25, 0.3) is 22.6 Å². The summed E-state index contributed by atoms with van der Waals surface area (Å²) in [6, 6.07) is 19.0. The molecule has 3 aromatic carbocycles. The minimum absolute atomic E-state index is 0.120. The maximum absolute atomic E-state index is 12.5. The van der Waals surface area contributed by atoms with Crippen LogP contribution in [0, 0.1) is 6.92 Å². The third-order valence-corrected chi connectivity index (χ3v) is 5.79. The third-order valence-electron chi connectivity index (χ3n) is 5.46. The number of carbonyl (C=O) groups excluding carboxylic acids is 1. The van der Waals surface area contributed by atoms with Gasteiger partial charge >= 0.3 is 0 Å². The van der Waals surface area contributed by atoms with E-state index in [9.17, 15) is 4.79 Å². The number of aromatic nitrogens is 1. The number of benzene rings is 3. The van der Waals surface area contributed by atoms with Gasteiger partial charge in [-0.2, -0.15) is 0 Å². The van der Waals surface area contributed by atoms with Crippen molar-refractivity contribution < 1.29 is 13.9 Å². The number of rotatable bonds is 7. The fourth-order valence-electron chi connectivity index (χ4n) is 3.37. The van der Waals surface area contributed by atoms with Crippen LogP contribution >= 0.6 is 11.6 Å². The van der Waals surface area contributed by atoms with Gasteiger partial charge in [-0.05, 0) is 72.9 Å². The molecule has 0 aliphatic carbocycles. The molecule has 1 amide bonds. The Kier molecular flexibility index (Phi) is 6.47. The number of amides is 1. The molecule has 164 valence electrons. The lowest BCUT2D eigenvalue weighted by atomic mass is 9.99. The number of hydrogen-bond donors (Lipinski definition) is 1. The quantitative estimate of drug-likeness (QED) is 0.331. The summed E-state index contributed by atoms with van der Waals surface area (Å²) < 4.78 is 11.5. The molecule has 0 spiro atoms. The molecule has 0 unspecified atom stereocenters. The van der Waals surface area contributed by atoms with E-state index < -0.39 is 0 Å². The molecule has 32 heavy (non-hydrogen) atoms. The predicted octanol–water partition coefficient (Wildman–Crippen LogP) is 6.99. The van der Waals surface area contributed by atoms with E-state index in [-0.39, 0.29) is 12.5 Å². The topological polar surface area (TPSA) is 64.4 Å². The minimum atomic E-state index is -0.303. The number of nitrogens with zero attached hydrogens (tertiary/aromatic N) is 1. The standard InChI is InChI=1S/C26H25ClN2O3/c1-4-17(3)18-6-9-20(10-7-18)31-15-25(30)28-23-14-19(8-11-21(23)27)26-29-22-12-5-16(2)13-24(22)32-26/h5-14,17H,4,15H2,1-3H3,(H,28,30)/t17-/m0/s1. The van der Waals surface area contributed by atoms with E-state index in [1.54, 1.807) is 12.1 Å². The summed E-state index contributed by atoms with van der Waals surface area (Å²) in [5.74, 6) is 1.31. The molecule has 1 heterocycles. The summed E-state index contributed by atoms with van der Waals surface area (Å²) in [6.45, 7) is 6.22. The average molecular weight is 449 g/mol. The highest BCUT2D eigenvalue weighted by atomic mass is 35.5. The highest BCUT2D eigenvalue weighted by Gasteiger charge is 2.13. The Morgan fingerprint density at radius 2 is 1.91 bits per heavy atom. The van der Waals surface area contributed by atoms with Gasteiger partial charge in [-0.3, -0.25) is 4.79 Å². The van der Waals surface area contributed by atoms with Gasteiger partial charge in [0.05, 0.1) is 10.7 Å². The number of anilines is 1. The molecule has 0 fully saturated rings. The SMILES string of the molecule is CC[C@H](C)c1ccc(OCC(=O)Nc2cc(-c3nc4ccc(C)cc4o3)ccc2Cl)cc1. The second kappa shape index (κ2) is 9.45. The number of carbonyl (C=O) groups is 1. The highest BCUT2D eigenvalue weighted by Crippen LogP contribution is 2.31. The number of oxazole rings is 1. The van der Waals surface area contributed by atoms with Gasteiger partial charge in [-0.15, -0.1) is 0 Å². The minimum Gasteiger partial charge on any atom is -0.484 e. The Hall–Kier alpha value is -3.31. The van der Waals surface area contributed by atoms with Crippen LogP contribution in [0.5, 0.6) is 5.75 Å². The number of fused-ring (bicyclic) bond motifs is 1. The lowest BCUT2D eigenvalue weighted by Gasteiger charge is -2.11. The number of ether oxygens (including phenoxy) is 1. The van der Waals surface area contributed by atoms with Gasteiger partial charge in [-0.25, -0.2) is 4.98 Å². The first-order valence-corrected chi connectivity index (χ1v) is 11.0. The van der Waals surface area contributed by atoms with Gasteiger partial charge in [0.2, 0.25) is 5.89 Å². The fraction of sp³-hybridized carbons (Fsp3) is 0.231. The third kappa shape index (κ3) is 4.94. The van der Waals surface area contributed by atoms with Crippen LogP contribution < -0.4 is 10.1 Å².